The number of allylic oxidation sites excluding steroid dienone is 1. The molecule has 1 saturated heterocycles. The average molecular weight is 455 g/mol. The predicted molar refractivity (Wildman–Crippen MR) is 126 cm³/mol. The summed E-state index contributed by atoms with van der Waals surface area (Å²) in [7, 11) is 1.88. The first-order chi connectivity index (χ1) is 16.0. The van der Waals surface area contributed by atoms with Crippen LogP contribution in [0.1, 0.15) is 59.4 Å². The maximum atomic E-state index is 14.0. The molecule has 176 valence electrons. The molecule has 0 radical (unpaired) electrons. The summed E-state index contributed by atoms with van der Waals surface area (Å²) in [5.41, 5.74) is 5.58. The summed E-state index contributed by atoms with van der Waals surface area (Å²) >= 11 is 0. The van der Waals surface area contributed by atoms with Gasteiger partial charge in [0.2, 0.25) is 0 Å². The second-order valence-corrected chi connectivity index (χ2v) is 8.93. The van der Waals surface area contributed by atoms with E-state index in [0.717, 1.165) is 35.5 Å². The molecule has 1 atom stereocenters. The minimum Gasteiger partial charge on any atom is -0.386 e. The van der Waals surface area contributed by atoms with Crippen LogP contribution in [0.3, 0.4) is 0 Å². The van der Waals surface area contributed by atoms with E-state index in [4.69, 9.17) is 4.98 Å². The topological polar surface area (TPSA) is 66.1 Å². The van der Waals surface area contributed by atoms with Gasteiger partial charge in [-0.2, -0.15) is 0 Å². The fraction of sp³-hybridized carbons (Fsp3) is 0.462. The molecule has 7 heteroatoms. The van der Waals surface area contributed by atoms with E-state index in [9.17, 15) is 13.6 Å². The van der Waals surface area contributed by atoms with Gasteiger partial charge >= 0.3 is 0 Å². The maximum absolute atomic E-state index is 14.0. The van der Waals surface area contributed by atoms with Crippen LogP contribution in [0.15, 0.2) is 48.0 Å². The van der Waals surface area contributed by atoms with Gasteiger partial charge in [-0.25, -0.2) is 8.78 Å². The van der Waals surface area contributed by atoms with Crippen molar-refractivity contribution in [3.05, 3.63) is 70.6 Å². The predicted octanol–water partition coefficient (Wildman–Crippen LogP) is 4.15. The van der Waals surface area contributed by atoms with Gasteiger partial charge in [-0.15, -0.1) is 0 Å². The van der Waals surface area contributed by atoms with E-state index in [-0.39, 0.29) is 12.3 Å². The number of hydrogen-bond donors (Lipinski definition) is 3. The van der Waals surface area contributed by atoms with Crippen molar-refractivity contribution >= 4 is 11.6 Å². The average Bonchev–Trinajstić information content (AvgIpc) is 3.63. The van der Waals surface area contributed by atoms with Crippen LogP contribution in [0.4, 0.5) is 8.78 Å². The quantitative estimate of drug-likeness (QED) is 0.498. The monoisotopic (exact) mass is 454 g/mol. The van der Waals surface area contributed by atoms with Gasteiger partial charge in [0, 0.05) is 56.7 Å². The van der Waals surface area contributed by atoms with Crippen molar-refractivity contribution in [2.24, 2.45) is 5.92 Å². The molecule has 2 heterocycles. The molecule has 2 aromatic rings. The highest BCUT2D eigenvalue weighted by molar-refractivity contribution is 5.95. The largest absolute Gasteiger partial charge is 0.386 e. The lowest BCUT2D eigenvalue weighted by molar-refractivity contribution is -0.0809. The van der Waals surface area contributed by atoms with Crippen LogP contribution < -0.4 is 16.0 Å². The van der Waals surface area contributed by atoms with Gasteiger partial charge in [-0.1, -0.05) is 30.3 Å². The van der Waals surface area contributed by atoms with E-state index in [2.05, 4.69) is 16.0 Å². The molecule has 1 aromatic heterocycles. The maximum Gasteiger partial charge on any atom is 0.253 e. The number of alkyl halides is 2. The Hall–Kier alpha value is -2.80. The number of halogens is 2. The van der Waals surface area contributed by atoms with Crippen molar-refractivity contribution in [1.82, 2.24) is 20.9 Å². The van der Waals surface area contributed by atoms with Crippen LogP contribution in [0, 0.1) is 5.92 Å². The second kappa shape index (κ2) is 10.4. The number of piperidine rings is 1. The first-order valence-electron chi connectivity index (χ1n) is 11.8. The van der Waals surface area contributed by atoms with Gasteiger partial charge < -0.3 is 16.0 Å². The fourth-order valence-corrected chi connectivity index (χ4v) is 4.39. The molecule has 1 aromatic carbocycles. The molecule has 1 aliphatic heterocycles. The van der Waals surface area contributed by atoms with Crippen molar-refractivity contribution in [2.75, 3.05) is 26.7 Å². The van der Waals surface area contributed by atoms with Gasteiger partial charge in [-0.05, 0) is 49.0 Å². The zero-order valence-corrected chi connectivity index (χ0v) is 19.1. The minimum absolute atomic E-state index is 0.114. The Kier molecular flexibility index (Phi) is 7.38. The van der Waals surface area contributed by atoms with Crippen molar-refractivity contribution in [3.8, 4) is 0 Å². The Morgan fingerprint density at radius 2 is 2.00 bits per heavy atom. The zero-order chi connectivity index (χ0) is 23.3. The van der Waals surface area contributed by atoms with E-state index < -0.39 is 11.8 Å². The zero-order valence-electron chi connectivity index (χ0n) is 19.1. The summed E-state index contributed by atoms with van der Waals surface area (Å²) in [5.74, 6) is -3.49. The van der Waals surface area contributed by atoms with Crippen molar-refractivity contribution < 1.29 is 13.6 Å². The van der Waals surface area contributed by atoms with E-state index in [1.807, 2.05) is 49.5 Å². The molecule has 1 aliphatic carbocycles. The third-order valence-corrected chi connectivity index (χ3v) is 6.37. The number of carbonyl (C=O) groups excluding carboxylic acids is 1. The molecule has 5 nitrogen and oxygen atoms in total. The lowest BCUT2D eigenvalue weighted by Gasteiger charge is -2.31. The second-order valence-electron chi connectivity index (χ2n) is 8.93. The Morgan fingerprint density at radius 1 is 1.21 bits per heavy atom. The van der Waals surface area contributed by atoms with Gasteiger partial charge in [0.05, 0.1) is 11.4 Å². The van der Waals surface area contributed by atoms with E-state index >= 15 is 0 Å². The smallest absolute Gasteiger partial charge is 0.253 e. The highest BCUT2D eigenvalue weighted by atomic mass is 19.3. The SMILES string of the molecule is CNC(=C1CC1)c1cc(C(=O)NCCCC2CNCCC2(F)F)cc(Cc2ccccc2)n1. The molecule has 1 saturated carbocycles. The van der Waals surface area contributed by atoms with Crippen molar-refractivity contribution in [3.63, 3.8) is 0 Å². The molecule has 3 N–H and O–H groups in total. The molecular formula is C26H32F2N4O. The number of amides is 1. The molecule has 2 aliphatic rings. The number of hydrogen-bond acceptors (Lipinski definition) is 4. The number of nitrogens with zero attached hydrogens (tertiary/aromatic N) is 1. The van der Waals surface area contributed by atoms with Crippen LogP contribution in [0.2, 0.25) is 0 Å². The van der Waals surface area contributed by atoms with E-state index in [0.29, 0.717) is 44.5 Å². The summed E-state index contributed by atoms with van der Waals surface area (Å²) in [5, 5.41) is 9.20. The molecule has 1 unspecified atom stereocenters. The van der Waals surface area contributed by atoms with Gasteiger partial charge in [0.25, 0.3) is 11.8 Å². The Balaban J connectivity index is 1.44. The molecule has 0 spiro atoms. The third kappa shape index (κ3) is 6.16. The molecule has 4 rings (SSSR count). The molecule has 1 amide bonds. The number of pyridine rings is 1. The van der Waals surface area contributed by atoms with Crippen LogP contribution in [0.5, 0.6) is 0 Å². The van der Waals surface area contributed by atoms with Crippen molar-refractivity contribution in [1.29, 1.82) is 0 Å². The van der Waals surface area contributed by atoms with E-state index in [1.165, 1.54) is 5.57 Å². The Bertz CT molecular complexity index is 1000. The lowest BCUT2D eigenvalue weighted by atomic mass is 9.90. The summed E-state index contributed by atoms with van der Waals surface area (Å²) in [6.07, 6.45) is 3.51. The fourth-order valence-electron chi connectivity index (χ4n) is 4.39. The van der Waals surface area contributed by atoms with Gasteiger partial charge in [-0.3, -0.25) is 9.78 Å². The third-order valence-electron chi connectivity index (χ3n) is 6.37. The number of benzene rings is 1. The first kappa shape index (κ1) is 23.4. The number of carbonyl (C=O) groups is 1. The number of nitrogens with one attached hydrogen (secondary N) is 3. The van der Waals surface area contributed by atoms with E-state index in [1.54, 1.807) is 0 Å². The highest BCUT2D eigenvalue weighted by Crippen LogP contribution is 2.35. The minimum atomic E-state index is -2.62. The van der Waals surface area contributed by atoms with Crippen LogP contribution in [-0.4, -0.2) is 43.5 Å². The number of rotatable bonds is 9. The van der Waals surface area contributed by atoms with Crippen molar-refractivity contribution in [2.45, 2.75) is 44.4 Å². The standard InChI is InChI=1S/C26H32F2N4O/c1-29-24(19-9-10-19)23-16-20(15-22(32-23)14-18-6-3-2-4-7-18)25(33)31-12-5-8-21-17-30-13-11-26(21,27)28/h2-4,6-7,15-16,21,29-30H,5,8-14,17H2,1H3,(H,31,33). The summed E-state index contributed by atoms with van der Waals surface area (Å²) in [4.78, 5) is 17.8. The molecule has 0 bridgehead atoms. The lowest BCUT2D eigenvalue weighted by Crippen LogP contribution is -2.44. The molecule has 2 fully saturated rings. The molecule has 33 heavy (non-hydrogen) atoms. The summed E-state index contributed by atoms with van der Waals surface area (Å²) < 4.78 is 28.0. The highest BCUT2D eigenvalue weighted by Gasteiger charge is 2.40. The van der Waals surface area contributed by atoms with Crippen LogP contribution in [0.25, 0.3) is 5.70 Å². The summed E-state index contributed by atoms with van der Waals surface area (Å²) in [6, 6.07) is 13.7. The van der Waals surface area contributed by atoms with Crippen LogP contribution in [-0.2, 0) is 6.42 Å². The Morgan fingerprint density at radius 3 is 2.70 bits per heavy atom. The van der Waals surface area contributed by atoms with Gasteiger partial charge in [0.1, 0.15) is 0 Å². The Labute approximate surface area is 194 Å². The first-order valence-corrected chi connectivity index (χ1v) is 11.8. The number of aromatic nitrogens is 1. The van der Waals surface area contributed by atoms with Gasteiger partial charge in [0.15, 0.2) is 0 Å². The summed E-state index contributed by atoms with van der Waals surface area (Å²) in [6.45, 7) is 1.07. The normalized spacial score (nSPS) is 19.1. The molecular weight excluding hydrogens is 422 g/mol. The van der Waals surface area contributed by atoms with Crippen LogP contribution >= 0.6 is 0 Å².